The van der Waals surface area contributed by atoms with E-state index in [1.165, 1.54) is 0 Å². The molecule has 0 amide bonds. The van der Waals surface area contributed by atoms with Crippen LogP contribution in [0.15, 0.2) is 0 Å². The van der Waals surface area contributed by atoms with E-state index in [0.29, 0.717) is 0 Å². The van der Waals surface area contributed by atoms with Crippen LogP contribution in [0.3, 0.4) is 0 Å². The molecule has 0 aromatic rings. The molecule has 0 aliphatic carbocycles. The number of rotatable bonds is 7. The van der Waals surface area contributed by atoms with Crippen molar-refractivity contribution in [2.24, 2.45) is 0 Å². The van der Waals surface area contributed by atoms with Gasteiger partial charge in [0, 0.05) is 6.23 Å². The minimum atomic E-state index is -1.96. The lowest BCUT2D eigenvalue weighted by Gasteiger charge is -2.33. The van der Waals surface area contributed by atoms with E-state index in [2.05, 4.69) is 52.4 Å². The van der Waals surface area contributed by atoms with E-state index < -0.39 is 35.0 Å². The Balaban J connectivity index is 4.05. The summed E-state index contributed by atoms with van der Waals surface area (Å²) in [4.78, 5) is 0. The van der Waals surface area contributed by atoms with Crippen LogP contribution in [-0.4, -0.2) is 41.2 Å². The molecule has 0 rings (SSSR count). The zero-order valence-electron chi connectivity index (χ0n) is 12.1. The molecule has 0 aromatic heterocycles. The van der Waals surface area contributed by atoms with Crippen molar-refractivity contribution in [1.82, 2.24) is 0 Å². The van der Waals surface area contributed by atoms with Crippen LogP contribution in [0, 0.1) is 0 Å². The molecule has 0 N–H and O–H groups in total. The maximum atomic E-state index is 6.12. The molecule has 0 aromatic carbocycles. The molecule has 3 nitrogen and oxygen atoms in total. The molecule has 0 fully saturated rings. The first-order valence-electron chi connectivity index (χ1n) is 6.01. The molecular weight excluding hydrogens is 268 g/mol. The van der Waals surface area contributed by atoms with Gasteiger partial charge in [0.15, 0.2) is 8.32 Å². The Bertz CT molecular complexity index is 203. The molecule has 0 aliphatic rings. The van der Waals surface area contributed by atoms with Gasteiger partial charge < -0.3 is 12.7 Å². The second-order valence-corrected chi connectivity index (χ2v) is 19.4. The van der Waals surface area contributed by atoms with Crippen molar-refractivity contribution in [3.8, 4) is 0 Å². The maximum absolute atomic E-state index is 6.12. The highest BCUT2D eigenvalue weighted by Gasteiger charge is 2.33. The molecule has 98 valence electrons. The van der Waals surface area contributed by atoms with Crippen molar-refractivity contribution < 1.29 is 12.7 Å². The molecule has 7 heteroatoms. The van der Waals surface area contributed by atoms with E-state index >= 15 is 0 Å². The molecule has 0 aliphatic heterocycles. The van der Waals surface area contributed by atoms with Gasteiger partial charge in [-0.05, 0) is 39.3 Å². The highest BCUT2D eigenvalue weighted by atomic mass is 28.5. The summed E-state index contributed by atoms with van der Waals surface area (Å²) < 4.78 is 18.0. The summed E-state index contributed by atoms with van der Waals surface area (Å²) in [5.74, 6) is 0. The first kappa shape index (κ1) is 16.7. The van der Waals surface area contributed by atoms with E-state index in [1.54, 1.807) is 0 Å². The molecular formula is C9H28O3Si4. The van der Waals surface area contributed by atoms with Gasteiger partial charge in [0.2, 0.25) is 0 Å². The lowest BCUT2D eigenvalue weighted by atomic mass is 11.7. The standard InChI is InChI=1S/C9H28O3Si4/c1-13(2)9-10-14(3)11-16(7,8)12-15(4,5)6/h13-14H,9H2,1-8H3. The highest BCUT2D eigenvalue weighted by Crippen LogP contribution is 2.16. The number of hydrogen-bond donors (Lipinski definition) is 0. The van der Waals surface area contributed by atoms with E-state index in [1.807, 2.05) is 0 Å². The van der Waals surface area contributed by atoms with Gasteiger partial charge in [-0.25, -0.2) is 0 Å². The smallest absolute Gasteiger partial charge is 0.312 e. The predicted octanol–water partition coefficient (Wildman–Crippen LogP) is 2.45. The van der Waals surface area contributed by atoms with Crippen molar-refractivity contribution in [3.05, 3.63) is 0 Å². The number of hydrogen-bond acceptors (Lipinski definition) is 3. The molecule has 0 heterocycles. The van der Waals surface area contributed by atoms with E-state index in [9.17, 15) is 0 Å². The predicted molar refractivity (Wildman–Crippen MR) is 80.8 cm³/mol. The fraction of sp³-hybridized carbons (Fsp3) is 1.00. The van der Waals surface area contributed by atoms with Crippen LogP contribution in [0.5, 0.6) is 0 Å². The topological polar surface area (TPSA) is 27.7 Å². The Labute approximate surface area is 106 Å². The van der Waals surface area contributed by atoms with Crippen molar-refractivity contribution in [2.45, 2.75) is 52.4 Å². The molecule has 16 heavy (non-hydrogen) atoms. The zero-order valence-corrected chi connectivity index (χ0v) is 16.4. The van der Waals surface area contributed by atoms with Crippen molar-refractivity contribution in [1.29, 1.82) is 0 Å². The fourth-order valence-electron chi connectivity index (χ4n) is 1.52. The second-order valence-electron chi connectivity index (χ2n) is 6.03. The fourth-order valence-corrected chi connectivity index (χ4v) is 14.1. The van der Waals surface area contributed by atoms with Crippen LogP contribution in [0.2, 0.25) is 52.4 Å². The summed E-state index contributed by atoms with van der Waals surface area (Å²) in [6.07, 6.45) is 0.935. The lowest BCUT2D eigenvalue weighted by Crippen LogP contribution is -2.48. The minimum Gasteiger partial charge on any atom is -0.437 e. The largest absolute Gasteiger partial charge is 0.437 e. The van der Waals surface area contributed by atoms with Gasteiger partial charge in [-0.3, -0.25) is 0 Å². The first-order chi connectivity index (χ1) is 7.02. The Morgan fingerprint density at radius 2 is 1.44 bits per heavy atom. The van der Waals surface area contributed by atoms with Crippen molar-refractivity contribution in [3.63, 3.8) is 0 Å². The van der Waals surface area contributed by atoms with Gasteiger partial charge in [0.05, 0.1) is 8.80 Å². The highest BCUT2D eigenvalue weighted by molar-refractivity contribution is 6.83. The summed E-state index contributed by atoms with van der Waals surface area (Å²) in [7, 11) is -5.55. The van der Waals surface area contributed by atoms with E-state index in [0.717, 1.165) is 6.23 Å². The summed E-state index contributed by atoms with van der Waals surface area (Å²) in [6, 6.07) is 0. The summed E-state index contributed by atoms with van der Waals surface area (Å²) in [5, 5.41) is 0. The molecule has 0 saturated carbocycles. The first-order valence-corrected chi connectivity index (χ1v) is 17.5. The Morgan fingerprint density at radius 1 is 0.938 bits per heavy atom. The van der Waals surface area contributed by atoms with Crippen LogP contribution in [0.25, 0.3) is 0 Å². The maximum Gasteiger partial charge on any atom is 0.312 e. The van der Waals surface area contributed by atoms with Crippen LogP contribution in [0.4, 0.5) is 0 Å². The van der Waals surface area contributed by atoms with Crippen molar-refractivity contribution in [2.75, 3.05) is 6.23 Å². The van der Waals surface area contributed by atoms with Crippen LogP contribution in [0.1, 0.15) is 0 Å². The SMILES string of the molecule is C[SiH](C)CO[SiH](C)O[Si](C)(C)O[Si](C)(C)C. The minimum absolute atomic E-state index is 0.621. The average Bonchev–Trinajstić information content (AvgIpc) is 1.94. The molecule has 1 unspecified atom stereocenters. The molecule has 1 atom stereocenters. The molecule has 0 bridgehead atoms. The van der Waals surface area contributed by atoms with Crippen LogP contribution < -0.4 is 0 Å². The van der Waals surface area contributed by atoms with E-state index in [4.69, 9.17) is 12.7 Å². The van der Waals surface area contributed by atoms with Gasteiger partial charge in [0.1, 0.15) is 0 Å². The molecule has 0 spiro atoms. The molecule has 0 saturated heterocycles. The average molecular weight is 297 g/mol. The zero-order chi connectivity index (χ0) is 13.0. The lowest BCUT2D eigenvalue weighted by molar-refractivity contribution is 0.288. The molecule has 0 radical (unpaired) electrons. The van der Waals surface area contributed by atoms with Crippen molar-refractivity contribution >= 4 is 35.0 Å². The van der Waals surface area contributed by atoms with Gasteiger partial charge >= 0.3 is 17.8 Å². The quantitative estimate of drug-likeness (QED) is 0.676. The summed E-state index contributed by atoms with van der Waals surface area (Å²) in [5.41, 5.74) is 0. The van der Waals surface area contributed by atoms with Crippen LogP contribution >= 0.6 is 0 Å². The third-order valence-electron chi connectivity index (χ3n) is 1.67. The summed E-state index contributed by atoms with van der Waals surface area (Å²) in [6.45, 7) is 17.6. The van der Waals surface area contributed by atoms with Gasteiger partial charge in [0.25, 0.3) is 0 Å². The second kappa shape index (κ2) is 6.62. The normalized spacial score (nSPS) is 15.6. The van der Waals surface area contributed by atoms with Gasteiger partial charge in [-0.1, -0.05) is 13.1 Å². The Kier molecular flexibility index (Phi) is 6.93. The summed E-state index contributed by atoms with van der Waals surface area (Å²) >= 11 is 0. The van der Waals surface area contributed by atoms with Gasteiger partial charge in [-0.15, -0.1) is 0 Å². The Morgan fingerprint density at radius 3 is 1.81 bits per heavy atom. The monoisotopic (exact) mass is 296 g/mol. The van der Waals surface area contributed by atoms with E-state index in [-0.39, 0.29) is 0 Å². The van der Waals surface area contributed by atoms with Gasteiger partial charge in [-0.2, -0.15) is 0 Å². The van der Waals surface area contributed by atoms with Crippen LogP contribution in [-0.2, 0) is 12.7 Å². The third kappa shape index (κ3) is 9.94. The third-order valence-corrected chi connectivity index (χ3v) is 11.6. The Hall–Kier alpha value is 0.748.